The van der Waals surface area contributed by atoms with E-state index < -0.39 is 0 Å². The van der Waals surface area contributed by atoms with Crippen molar-refractivity contribution in [3.63, 3.8) is 0 Å². The van der Waals surface area contributed by atoms with Crippen molar-refractivity contribution in [2.75, 3.05) is 13.2 Å². The van der Waals surface area contributed by atoms with Crippen molar-refractivity contribution in [3.05, 3.63) is 0 Å². The predicted octanol–water partition coefficient (Wildman–Crippen LogP) is 0.404. The molecule has 1 fully saturated rings. The minimum Gasteiger partial charge on any atom is -0.393 e. The van der Waals surface area contributed by atoms with E-state index in [0.717, 1.165) is 6.61 Å². The Labute approximate surface area is 49.5 Å². The standard InChI is InChI=1S/C6H12O2/c1-5(2)6(3-7)4-8-6/h5,7H,3-4H2,1-2H3/t6-/m1/s1. The fourth-order valence-electron chi connectivity index (χ4n) is 0.700. The summed E-state index contributed by atoms with van der Waals surface area (Å²) >= 11 is 0. The molecule has 1 N–H and O–H groups in total. The van der Waals surface area contributed by atoms with Gasteiger partial charge in [-0.15, -0.1) is 0 Å². The molecule has 0 aromatic carbocycles. The summed E-state index contributed by atoms with van der Waals surface area (Å²) in [7, 11) is 0. The number of hydrogen-bond acceptors (Lipinski definition) is 2. The summed E-state index contributed by atoms with van der Waals surface area (Å²) in [6, 6.07) is 0. The zero-order valence-electron chi connectivity index (χ0n) is 5.35. The third kappa shape index (κ3) is 0.740. The van der Waals surface area contributed by atoms with Crippen molar-refractivity contribution in [3.8, 4) is 0 Å². The van der Waals surface area contributed by atoms with Crippen LogP contribution < -0.4 is 0 Å². The molecule has 2 nitrogen and oxygen atoms in total. The number of aliphatic hydroxyl groups is 1. The van der Waals surface area contributed by atoms with Gasteiger partial charge in [0, 0.05) is 0 Å². The van der Waals surface area contributed by atoms with Gasteiger partial charge in [-0.3, -0.25) is 0 Å². The first-order chi connectivity index (χ1) is 3.71. The predicted molar refractivity (Wildman–Crippen MR) is 30.6 cm³/mol. The average molecular weight is 116 g/mol. The Morgan fingerprint density at radius 2 is 2.25 bits per heavy atom. The quantitative estimate of drug-likeness (QED) is 0.530. The van der Waals surface area contributed by atoms with E-state index in [9.17, 15) is 0 Å². The van der Waals surface area contributed by atoms with Crippen LogP contribution in [0.3, 0.4) is 0 Å². The summed E-state index contributed by atoms with van der Waals surface area (Å²) in [5.41, 5.74) is -0.153. The van der Waals surface area contributed by atoms with E-state index >= 15 is 0 Å². The summed E-state index contributed by atoms with van der Waals surface area (Å²) < 4.78 is 5.06. The second-order valence-corrected chi connectivity index (χ2v) is 2.67. The smallest absolute Gasteiger partial charge is 0.117 e. The molecule has 1 aliphatic rings. The van der Waals surface area contributed by atoms with Gasteiger partial charge in [0.2, 0.25) is 0 Å². The first-order valence-corrected chi connectivity index (χ1v) is 2.96. The number of rotatable bonds is 2. The van der Waals surface area contributed by atoms with Gasteiger partial charge in [0.1, 0.15) is 5.60 Å². The first-order valence-electron chi connectivity index (χ1n) is 2.96. The molecule has 2 heteroatoms. The Balaban J connectivity index is 2.41. The van der Waals surface area contributed by atoms with Crippen molar-refractivity contribution >= 4 is 0 Å². The van der Waals surface area contributed by atoms with Crippen LogP contribution in [0.25, 0.3) is 0 Å². The van der Waals surface area contributed by atoms with Crippen molar-refractivity contribution < 1.29 is 9.84 Å². The van der Waals surface area contributed by atoms with Gasteiger partial charge in [-0.1, -0.05) is 13.8 Å². The minimum absolute atomic E-state index is 0.153. The van der Waals surface area contributed by atoms with Gasteiger partial charge in [-0.05, 0) is 5.92 Å². The van der Waals surface area contributed by atoms with Crippen LogP contribution in [-0.4, -0.2) is 23.9 Å². The molecule has 1 saturated heterocycles. The van der Waals surface area contributed by atoms with E-state index in [0.29, 0.717) is 5.92 Å². The summed E-state index contributed by atoms with van der Waals surface area (Å²) in [6.07, 6.45) is 0. The maximum Gasteiger partial charge on any atom is 0.117 e. The number of ether oxygens (including phenoxy) is 1. The van der Waals surface area contributed by atoms with Crippen LogP contribution in [0.15, 0.2) is 0 Å². The molecule has 1 atom stereocenters. The topological polar surface area (TPSA) is 32.8 Å². The first kappa shape index (κ1) is 6.05. The lowest BCUT2D eigenvalue weighted by atomic mass is 9.98. The molecule has 0 bridgehead atoms. The van der Waals surface area contributed by atoms with E-state index in [1.807, 2.05) is 0 Å². The SMILES string of the molecule is CC(C)[C@@]1(CO)CO1. The lowest BCUT2D eigenvalue weighted by Gasteiger charge is -2.10. The van der Waals surface area contributed by atoms with Crippen LogP contribution in [0.4, 0.5) is 0 Å². The number of aliphatic hydroxyl groups excluding tert-OH is 1. The number of epoxide rings is 1. The second kappa shape index (κ2) is 1.71. The van der Waals surface area contributed by atoms with Crippen LogP contribution in [0.2, 0.25) is 0 Å². The van der Waals surface area contributed by atoms with Crippen LogP contribution in [0.5, 0.6) is 0 Å². The lowest BCUT2D eigenvalue weighted by Crippen LogP contribution is -2.23. The Morgan fingerprint density at radius 3 is 2.25 bits per heavy atom. The van der Waals surface area contributed by atoms with Gasteiger partial charge < -0.3 is 9.84 Å². The van der Waals surface area contributed by atoms with Crippen LogP contribution in [0, 0.1) is 5.92 Å². The fourth-order valence-corrected chi connectivity index (χ4v) is 0.700. The minimum atomic E-state index is -0.153. The highest BCUT2D eigenvalue weighted by molar-refractivity contribution is 4.93. The molecule has 1 rings (SSSR count). The van der Waals surface area contributed by atoms with Crippen LogP contribution in [0.1, 0.15) is 13.8 Å². The van der Waals surface area contributed by atoms with E-state index in [1.54, 1.807) is 0 Å². The molecular weight excluding hydrogens is 104 g/mol. The van der Waals surface area contributed by atoms with Gasteiger partial charge in [0.15, 0.2) is 0 Å². The van der Waals surface area contributed by atoms with E-state index in [-0.39, 0.29) is 12.2 Å². The van der Waals surface area contributed by atoms with Crippen LogP contribution in [-0.2, 0) is 4.74 Å². The van der Waals surface area contributed by atoms with E-state index in [1.165, 1.54) is 0 Å². The molecule has 0 amide bonds. The molecule has 48 valence electrons. The molecule has 0 saturated carbocycles. The Morgan fingerprint density at radius 1 is 1.75 bits per heavy atom. The van der Waals surface area contributed by atoms with Gasteiger partial charge in [0.25, 0.3) is 0 Å². The van der Waals surface area contributed by atoms with Crippen molar-refractivity contribution in [1.82, 2.24) is 0 Å². The maximum absolute atomic E-state index is 8.70. The number of hydrogen-bond donors (Lipinski definition) is 1. The highest BCUT2D eigenvalue weighted by Crippen LogP contribution is 2.33. The van der Waals surface area contributed by atoms with Gasteiger partial charge in [0.05, 0.1) is 13.2 Å². The van der Waals surface area contributed by atoms with Crippen molar-refractivity contribution in [2.45, 2.75) is 19.4 Å². The monoisotopic (exact) mass is 116 g/mol. The molecule has 0 aromatic heterocycles. The Bertz CT molecular complexity index is 84.5. The largest absolute Gasteiger partial charge is 0.393 e. The maximum atomic E-state index is 8.70. The summed E-state index contributed by atoms with van der Waals surface area (Å²) in [5, 5.41) is 8.70. The molecule has 0 spiro atoms. The third-order valence-corrected chi connectivity index (χ3v) is 1.83. The van der Waals surface area contributed by atoms with E-state index in [4.69, 9.17) is 9.84 Å². The fraction of sp³-hybridized carbons (Fsp3) is 1.00. The molecule has 0 unspecified atom stereocenters. The highest BCUT2D eigenvalue weighted by Gasteiger charge is 2.46. The molecule has 1 heterocycles. The normalized spacial score (nSPS) is 36.0. The zero-order valence-corrected chi connectivity index (χ0v) is 5.35. The van der Waals surface area contributed by atoms with Crippen LogP contribution >= 0.6 is 0 Å². The Hall–Kier alpha value is -0.0800. The zero-order chi connectivity index (χ0) is 6.20. The molecule has 0 aliphatic carbocycles. The van der Waals surface area contributed by atoms with Crippen molar-refractivity contribution in [1.29, 1.82) is 0 Å². The average Bonchev–Trinajstić information content (AvgIpc) is 2.44. The molecule has 8 heavy (non-hydrogen) atoms. The molecule has 0 aromatic rings. The van der Waals surface area contributed by atoms with Gasteiger partial charge in [-0.25, -0.2) is 0 Å². The van der Waals surface area contributed by atoms with Gasteiger partial charge >= 0.3 is 0 Å². The second-order valence-electron chi connectivity index (χ2n) is 2.67. The lowest BCUT2D eigenvalue weighted by molar-refractivity contribution is 0.135. The molecular formula is C6H12O2. The van der Waals surface area contributed by atoms with E-state index in [2.05, 4.69) is 13.8 Å². The highest BCUT2D eigenvalue weighted by atomic mass is 16.6. The van der Waals surface area contributed by atoms with Gasteiger partial charge in [-0.2, -0.15) is 0 Å². The molecule has 0 radical (unpaired) electrons. The molecule has 1 aliphatic heterocycles. The third-order valence-electron chi connectivity index (χ3n) is 1.83. The van der Waals surface area contributed by atoms with Crippen molar-refractivity contribution in [2.24, 2.45) is 5.92 Å². The Kier molecular flexibility index (Phi) is 1.29. The summed E-state index contributed by atoms with van der Waals surface area (Å²) in [6.45, 7) is 5.03. The summed E-state index contributed by atoms with van der Waals surface area (Å²) in [4.78, 5) is 0. The summed E-state index contributed by atoms with van der Waals surface area (Å²) in [5.74, 6) is 0.451.